The number of unbranched alkanes of at least 4 members (excludes halogenated alkanes) is 1. The van der Waals surface area contributed by atoms with E-state index in [1.54, 1.807) is 0 Å². The summed E-state index contributed by atoms with van der Waals surface area (Å²) in [7, 11) is 0. The fourth-order valence-electron chi connectivity index (χ4n) is 1.73. The van der Waals surface area contributed by atoms with Gasteiger partial charge in [-0.3, -0.25) is 0 Å². The first-order valence-corrected chi connectivity index (χ1v) is 5.84. The fraction of sp³-hybridized carbons (Fsp3) is 0.286. The summed E-state index contributed by atoms with van der Waals surface area (Å²) in [6, 6.07) is 5.27. The largest absolute Gasteiger partial charge is 0.490 e. The Morgan fingerprint density at radius 1 is 1.00 bits per heavy atom. The van der Waals surface area contributed by atoms with E-state index in [1.165, 1.54) is 18.2 Å². The molecule has 18 heavy (non-hydrogen) atoms. The molecular weight excluding hydrogens is 241 g/mol. The Hall–Kier alpha value is -1.71. The molecule has 2 rings (SSSR count). The maximum atomic E-state index is 14.0. The molecule has 0 N–H and O–H groups in total. The van der Waals surface area contributed by atoms with Crippen LogP contribution in [0.3, 0.4) is 0 Å². The number of hydrogen-bond donors (Lipinski definition) is 0. The molecule has 96 valence electrons. The Morgan fingerprint density at radius 2 is 1.72 bits per heavy atom. The van der Waals surface area contributed by atoms with Crippen molar-refractivity contribution in [2.75, 3.05) is 6.61 Å². The normalized spacial score (nSPS) is 10.9. The minimum Gasteiger partial charge on any atom is -0.490 e. The van der Waals surface area contributed by atoms with Crippen LogP contribution in [-0.4, -0.2) is 6.61 Å². The highest BCUT2D eigenvalue weighted by atomic mass is 19.2. The van der Waals surface area contributed by atoms with Crippen LogP contribution in [0.4, 0.5) is 13.2 Å². The van der Waals surface area contributed by atoms with Gasteiger partial charge in [-0.15, -0.1) is 0 Å². The second-order valence-electron chi connectivity index (χ2n) is 4.04. The van der Waals surface area contributed by atoms with Gasteiger partial charge in [0.1, 0.15) is 0 Å². The molecule has 0 saturated carbocycles. The van der Waals surface area contributed by atoms with Gasteiger partial charge in [-0.2, -0.15) is 0 Å². The molecule has 0 fully saturated rings. The molecule has 0 aromatic heterocycles. The Kier molecular flexibility index (Phi) is 3.75. The van der Waals surface area contributed by atoms with E-state index < -0.39 is 17.5 Å². The van der Waals surface area contributed by atoms with Gasteiger partial charge in [-0.05, 0) is 23.9 Å². The number of ether oxygens (including phenoxy) is 1. The predicted octanol–water partition coefficient (Wildman–Crippen LogP) is 4.44. The van der Waals surface area contributed by atoms with Crippen molar-refractivity contribution in [3.05, 3.63) is 41.7 Å². The Balaban J connectivity index is 2.45. The van der Waals surface area contributed by atoms with Gasteiger partial charge in [0.25, 0.3) is 0 Å². The molecule has 0 heterocycles. The van der Waals surface area contributed by atoms with Crippen LogP contribution in [-0.2, 0) is 0 Å². The van der Waals surface area contributed by atoms with E-state index in [-0.39, 0.29) is 11.1 Å². The molecular formula is C14H13F3O. The van der Waals surface area contributed by atoms with Gasteiger partial charge >= 0.3 is 0 Å². The van der Waals surface area contributed by atoms with E-state index in [1.807, 2.05) is 6.92 Å². The third-order valence-electron chi connectivity index (χ3n) is 2.73. The Bertz CT molecular complexity index is 566. The summed E-state index contributed by atoms with van der Waals surface area (Å²) in [6.07, 6.45) is 1.70. The monoisotopic (exact) mass is 254 g/mol. The van der Waals surface area contributed by atoms with E-state index in [2.05, 4.69) is 0 Å². The van der Waals surface area contributed by atoms with Gasteiger partial charge in [0.05, 0.1) is 12.0 Å². The van der Waals surface area contributed by atoms with Crippen molar-refractivity contribution in [2.24, 2.45) is 0 Å². The lowest BCUT2D eigenvalue weighted by molar-refractivity contribution is 0.295. The lowest BCUT2D eigenvalue weighted by Crippen LogP contribution is -2.00. The first-order valence-electron chi connectivity index (χ1n) is 5.84. The van der Waals surface area contributed by atoms with Crippen molar-refractivity contribution in [2.45, 2.75) is 19.8 Å². The summed E-state index contributed by atoms with van der Waals surface area (Å²) in [5, 5.41) is -0.0433. The standard InChI is InChI=1S/C14H13F3O/c1-2-3-8-18-11-7-5-9-4-6-10(15)13(16)12(9)14(11)17/h4-7H,2-3,8H2,1H3. The summed E-state index contributed by atoms with van der Waals surface area (Å²) in [5.41, 5.74) is 0. The second-order valence-corrected chi connectivity index (χ2v) is 4.04. The van der Waals surface area contributed by atoms with E-state index in [0.29, 0.717) is 12.0 Å². The molecule has 0 bridgehead atoms. The Labute approximate surface area is 103 Å². The van der Waals surface area contributed by atoms with Gasteiger partial charge in [0, 0.05) is 0 Å². The molecule has 2 aromatic rings. The molecule has 0 atom stereocenters. The number of fused-ring (bicyclic) bond motifs is 1. The smallest absolute Gasteiger partial charge is 0.175 e. The SMILES string of the molecule is CCCCOc1ccc2ccc(F)c(F)c2c1F. The van der Waals surface area contributed by atoms with Crippen LogP contribution in [0.5, 0.6) is 5.75 Å². The summed E-state index contributed by atoms with van der Waals surface area (Å²) < 4.78 is 45.9. The molecule has 0 aliphatic heterocycles. The first-order chi connectivity index (χ1) is 8.65. The average Bonchev–Trinajstić information content (AvgIpc) is 2.36. The molecule has 0 amide bonds. The van der Waals surface area contributed by atoms with Gasteiger partial charge in [-0.25, -0.2) is 13.2 Å². The molecule has 0 aliphatic rings. The van der Waals surface area contributed by atoms with E-state index in [4.69, 9.17) is 4.74 Å². The molecule has 0 aliphatic carbocycles. The predicted molar refractivity (Wildman–Crippen MR) is 64.2 cm³/mol. The summed E-state index contributed by atoms with van der Waals surface area (Å²) >= 11 is 0. The third kappa shape index (κ3) is 2.28. The van der Waals surface area contributed by atoms with Gasteiger partial charge in [-0.1, -0.05) is 25.5 Å². The van der Waals surface area contributed by atoms with Crippen molar-refractivity contribution >= 4 is 10.8 Å². The summed E-state index contributed by atoms with van der Waals surface area (Å²) in [5.74, 6) is -3.13. The summed E-state index contributed by atoms with van der Waals surface area (Å²) in [6.45, 7) is 2.34. The lowest BCUT2D eigenvalue weighted by atomic mass is 10.1. The highest BCUT2D eigenvalue weighted by Gasteiger charge is 2.15. The fourth-order valence-corrected chi connectivity index (χ4v) is 1.73. The van der Waals surface area contributed by atoms with Crippen LogP contribution in [0, 0.1) is 17.5 Å². The minimum absolute atomic E-state index is 0.0413. The quantitative estimate of drug-likeness (QED) is 0.733. The van der Waals surface area contributed by atoms with Crippen molar-refractivity contribution < 1.29 is 17.9 Å². The van der Waals surface area contributed by atoms with Crippen molar-refractivity contribution in [3.8, 4) is 5.75 Å². The maximum Gasteiger partial charge on any atom is 0.175 e. The topological polar surface area (TPSA) is 9.23 Å². The molecule has 0 spiro atoms. The van der Waals surface area contributed by atoms with Crippen LogP contribution < -0.4 is 4.74 Å². The van der Waals surface area contributed by atoms with Crippen LogP contribution in [0.1, 0.15) is 19.8 Å². The second kappa shape index (κ2) is 5.29. The van der Waals surface area contributed by atoms with Crippen LogP contribution in [0.2, 0.25) is 0 Å². The van der Waals surface area contributed by atoms with Crippen molar-refractivity contribution in [1.82, 2.24) is 0 Å². The van der Waals surface area contributed by atoms with E-state index >= 15 is 0 Å². The highest BCUT2D eigenvalue weighted by molar-refractivity contribution is 5.85. The average molecular weight is 254 g/mol. The number of hydrogen-bond acceptors (Lipinski definition) is 1. The number of rotatable bonds is 4. The van der Waals surface area contributed by atoms with Gasteiger partial charge < -0.3 is 4.74 Å². The molecule has 4 heteroatoms. The third-order valence-corrected chi connectivity index (χ3v) is 2.73. The van der Waals surface area contributed by atoms with E-state index in [0.717, 1.165) is 18.9 Å². The number of benzene rings is 2. The minimum atomic E-state index is -1.18. The van der Waals surface area contributed by atoms with Crippen LogP contribution in [0.25, 0.3) is 10.8 Å². The van der Waals surface area contributed by atoms with Crippen LogP contribution >= 0.6 is 0 Å². The van der Waals surface area contributed by atoms with E-state index in [9.17, 15) is 13.2 Å². The zero-order valence-corrected chi connectivity index (χ0v) is 9.97. The zero-order chi connectivity index (χ0) is 13.1. The van der Waals surface area contributed by atoms with Crippen molar-refractivity contribution in [3.63, 3.8) is 0 Å². The molecule has 2 aromatic carbocycles. The van der Waals surface area contributed by atoms with Gasteiger partial charge in [0.15, 0.2) is 23.2 Å². The highest BCUT2D eigenvalue weighted by Crippen LogP contribution is 2.29. The van der Waals surface area contributed by atoms with Crippen molar-refractivity contribution in [1.29, 1.82) is 0 Å². The zero-order valence-electron chi connectivity index (χ0n) is 9.97. The Morgan fingerprint density at radius 3 is 2.44 bits per heavy atom. The molecule has 0 radical (unpaired) electrons. The van der Waals surface area contributed by atoms with Crippen LogP contribution in [0.15, 0.2) is 24.3 Å². The number of halogens is 3. The molecule has 0 saturated heterocycles. The lowest BCUT2D eigenvalue weighted by Gasteiger charge is -2.09. The first kappa shape index (κ1) is 12.7. The molecule has 0 unspecified atom stereocenters. The molecule has 1 nitrogen and oxygen atoms in total. The summed E-state index contributed by atoms with van der Waals surface area (Å²) in [4.78, 5) is 0. The van der Waals surface area contributed by atoms with Gasteiger partial charge in [0.2, 0.25) is 0 Å². The maximum absolute atomic E-state index is 14.0.